The molecule has 98 valence electrons. The van der Waals surface area contributed by atoms with Gasteiger partial charge in [-0.3, -0.25) is 0 Å². The van der Waals surface area contributed by atoms with Crippen LogP contribution in [0.3, 0.4) is 0 Å². The molecule has 1 N–H and O–H groups in total. The van der Waals surface area contributed by atoms with Crippen LogP contribution in [0.2, 0.25) is 0 Å². The molecule has 0 unspecified atom stereocenters. The van der Waals surface area contributed by atoms with Crippen LogP contribution in [-0.2, 0) is 0 Å². The molecule has 0 heterocycles. The Labute approximate surface area is 104 Å². The minimum absolute atomic E-state index is 1.07. The molecule has 0 aliphatic carbocycles. The third kappa shape index (κ3) is 51.2. The molecule has 0 fully saturated rings. The second kappa shape index (κ2) is 47.8. The molecule has 0 aliphatic heterocycles. The van der Waals surface area contributed by atoms with Crippen LogP contribution < -0.4 is 5.32 Å². The van der Waals surface area contributed by atoms with Crippen molar-refractivity contribution in [1.29, 1.82) is 0 Å². The topological polar surface area (TPSA) is 12.0 Å². The molecular formula is C15H33N. The maximum absolute atomic E-state index is 2.93. The molecule has 0 atom stereocenters. The van der Waals surface area contributed by atoms with Gasteiger partial charge in [0.2, 0.25) is 0 Å². The molecule has 1 heteroatoms. The highest BCUT2D eigenvalue weighted by atomic mass is 14.8. The molecule has 1 rings (SSSR count). The van der Waals surface area contributed by atoms with Crippen LogP contribution in [-0.4, -0.2) is 13.6 Å². The van der Waals surface area contributed by atoms with Gasteiger partial charge < -0.3 is 5.32 Å². The van der Waals surface area contributed by atoms with E-state index >= 15 is 0 Å². The Balaban J connectivity index is -0.0000000639. The lowest BCUT2D eigenvalue weighted by Gasteiger charge is -1.76. The zero-order valence-corrected chi connectivity index (χ0v) is 12.7. The van der Waals surface area contributed by atoms with Gasteiger partial charge in [-0.2, -0.15) is 0 Å². The highest BCUT2D eigenvalue weighted by Crippen LogP contribution is 1.79. The summed E-state index contributed by atoms with van der Waals surface area (Å²) in [6.07, 6.45) is 0. The van der Waals surface area contributed by atoms with E-state index in [1.807, 2.05) is 85.0 Å². The Morgan fingerprint density at radius 2 is 0.750 bits per heavy atom. The van der Waals surface area contributed by atoms with Gasteiger partial charge in [0.25, 0.3) is 0 Å². The molecule has 0 radical (unpaired) electrons. The van der Waals surface area contributed by atoms with Gasteiger partial charge in [-0.1, -0.05) is 84.9 Å². The predicted molar refractivity (Wildman–Crippen MR) is 80.1 cm³/mol. The van der Waals surface area contributed by atoms with Crippen molar-refractivity contribution >= 4 is 0 Å². The van der Waals surface area contributed by atoms with Gasteiger partial charge in [0.15, 0.2) is 0 Å². The van der Waals surface area contributed by atoms with Gasteiger partial charge in [-0.25, -0.2) is 0 Å². The third-order valence-electron chi connectivity index (χ3n) is 1.02. The van der Waals surface area contributed by atoms with Gasteiger partial charge in [-0.05, 0) is 13.6 Å². The van der Waals surface area contributed by atoms with Gasteiger partial charge in [0, 0.05) is 0 Å². The molecule has 0 amide bonds. The largest absolute Gasteiger partial charge is 0.320 e. The van der Waals surface area contributed by atoms with E-state index in [1.54, 1.807) is 0 Å². The average Bonchev–Trinajstić information content (AvgIpc) is 2.47. The van der Waals surface area contributed by atoms with Crippen LogP contribution in [0.5, 0.6) is 0 Å². The predicted octanol–water partition coefficient (Wildman–Crippen LogP) is 4.99. The summed E-state index contributed by atoms with van der Waals surface area (Å²) in [5, 5.41) is 2.93. The lowest BCUT2D eigenvalue weighted by atomic mass is 10.4. The molecule has 0 aliphatic rings. The average molecular weight is 227 g/mol. The monoisotopic (exact) mass is 227 g/mol. The van der Waals surface area contributed by atoms with E-state index in [-0.39, 0.29) is 0 Å². The Morgan fingerprint density at radius 3 is 0.812 bits per heavy atom. The van der Waals surface area contributed by atoms with E-state index in [4.69, 9.17) is 0 Å². The Bertz CT molecular complexity index is 97.4. The van der Waals surface area contributed by atoms with E-state index in [9.17, 15) is 0 Å². The first-order chi connectivity index (χ1) is 7.91. The zero-order chi connectivity index (χ0) is 13.7. The standard InChI is InChI=1S/C6H6.C3H9N.3C2H6/c1-2-4-6-5-3-1;1-3-4-2;3*1-2/h1-6H;4H,3H2,1-2H3;3*1-2H3. The van der Waals surface area contributed by atoms with Crippen molar-refractivity contribution in [2.24, 2.45) is 0 Å². The first-order valence-corrected chi connectivity index (χ1v) is 6.56. The molecule has 0 aromatic heterocycles. The summed E-state index contributed by atoms with van der Waals surface area (Å²) in [7, 11) is 1.93. The highest BCUT2D eigenvalue weighted by Gasteiger charge is 1.57. The fraction of sp³-hybridized carbons (Fsp3) is 0.600. The second-order valence-electron chi connectivity index (χ2n) is 1.86. The zero-order valence-electron chi connectivity index (χ0n) is 12.7. The van der Waals surface area contributed by atoms with E-state index in [2.05, 4.69) is 12.2 Å². The van der Waals surface area contributed by atoms with Crippen LogP contribution in [0, 0.1) is 0 Å². The van der Waals surface area contributed by atoms with E-state index in [1.165, 1.54) is 0 Å². The number of rotatable bonds is 1. The van der Waals surface area contributed by atoms with Gasteiger partial charge >= 0.3 is 0 Å². The summed E-state index contributed by atoms with van der Waals surface area (Å²) in [5.41, 5.74) is 0. The number of nitrogens with one attached hydrogen (secondary N) is 1. The second-order valence-corrected chi connectivity index (χ2v) is 1.86. The molecule has 1 aromatic rings. The van der Waals surface area contributed by atoms with Gasteiger partial charge in [0.1, 0.15) is 0 Å². The van der Waals surface area contributed by atoms with Crippen LogP contribution >= 0.6 is 0 Å². The summed E-state index contributed by atoms with van der Waals surface area (Å²) in [6, 6.07) is 12.0. The van der Waals surface area contributed by atoms with Gasteiger partial charge in [-0.15, -0.1) is 0 Å². The quantitative estimate of drug-likeness (QED) is 0.712. The van der Waals surface area contributed by atoms with E-state index in [0.29, 0.717) is 0 Å². The molecule has 0 spiro atoms. The normalized spacial score (nSPS) is 6.00. The fourth-order valence-electron chi connectivity index (χ4n) is 0.385. The molecule has 0 bridgehead atoms. The first-order valence-electron chi connectivity index (χ1n) is 6.56. The molecule has 0 saturated carbocycles. The minimum atomic E-state index is 1.07. The van der Waals surface area contributed by atoms with Crippen molar-refractivity contribution in [3.63, 3.8) is 0 Å². The fourth-order valence-corrected chi connectivity index (χ4v) is 0.385. The van der Waals surface area contributed by atoms with Crippen molar-refractivity contribution in [2.45, 2.75) is 48.5 Å². The summed E-state index contributed by atoms with van der Waals surface area (Å²) >= 11 is 0. The van der Waals surface area contributed by atoms with Crippen LogP contribution in [0.1, 0.15) is 48.5 Å². The lowest BCUT2D eigenvalue weighted by Crippen LogP contribution is -2.01. The molecule has 1 nitrogen and oxygen atoms in total. The van der Waals surface area contributed by atoms with E-state index < -0.39 is 0 Å². The summed E-state index contributed by atoms with van der Waals surface area (Å²) in [4.78, 5) is 0. The molecular weight excluding hydrogens is 194 g/mol. The number of hydrogen-bond acceptors (Lipinski definition) is 1. The van der Waals surface area contributed by atoms with Crippen LogP contribution in [0.25, 0.3) is 0 Å². The van der Waals surface area contributed by atoms with Crippen LogP contribution in [0.15, 0.2) is 36.4 Å². The summed E-state index contributed by atoms with van der Waals surface area (Å²) < 4.78 is 0. The number of benzene rings is 1. The van der Waals surface area contributed by atoms with Crippen molar-refractivity contribution in [1.82, 2.24) is 5.32 Å². The Kier molecular flexibility index (Phi) is 72.9. The lowest BCUT2D eigenvalue weighted by molar-refractivity contribution is 0.864. The molecule has 1 aromatic carbocycles. The maximum atomic E-state index is 2.93. The minimum Gasteiger partial charge on any atom is -0.320 e. The van der Waals surface area contributed by atoms with Crippen molar-refractivity contribution < 1.29 is 0 Å². The molecule has 0 saturated heterocycles. The number of hydrogen-bond donors (Lipinski definition) is 1. The van der Waals surface area contributed by atoms with Crippen molar-refractivity contribution in [3.05, 3.63) is 36.4 Å². The third-order valence-corrected chi connectivity index (χ3v) is 1.02. The summed E-state index contributed by atoms with van der Waals surface area (Å²) in [5.74, 6) is 0. The molecule has 16 heavy (non-hydrogen) atoms. The Morgan fingerprint density at radius 1 is 0.625 bits per heavy atom. The summed E-state index contributed by atoms with van der Waals surface area (Å²) in [6.45, 7) is 15.1. The van der Waals surface area contributed by atoms with Crippen molar-refractivity contribution in [3.8, 4) is 0 Å². The maximum Gasteiger partial charge on any atom is -0.00804 e. The SMILES string of the molecule is CC.CC.CC.CCNC.c1ccccc1. The smallest absolute Gasteiger partial charge is 0.00804 e. The Hall–Kier alpha value is -0.820. The first kappa shape index (κ1) is 24.4. The van der Waals surface area contributed by atoms with Crippen LogP contribution in [0.4, 0.5) is 0 Å². The van der Waals surface area contributed by atoms with Crippen molar-refractivity contribution in [2.75, 3.05) is 13.6 Å². The van der Waals surface area contributed by atoms with E-state index in [0.717, 1.165) is 6.54 Å². The van der Waals surface area contributed by atoms with Gasteiger partial charge in [0.05, 0.1) is 0 Å². The highest BCUT2D eigenvalue weighted by molar-refractivity contribution is 4.99.